The van der Waals surface area contributed by atoms with E-state index in [2.05, 4.69) is 10.2 Å². The molecule has 1 aromatic carbocycles. The highest BCUT2D eigenvalue weighted by Crippen LogP contribution is 2.34. The van der Waals surface area contributed by atoms with Crippen molar-refractivity contribution in [2.24, 2.45) is 0 Å². The number of nitrogens with zero attached hydrogens (tertiary/aromatic N) is 2. The molecule has 0 N–H and O–H groups in total. The number of thioether (sulfide) groups is 1. The van der Waals surface area contributed by atoms with Gasteiger partial charge < -0.3 is 13.9 Å². The molecule has 0 aliphatic rings. The van der Waals surface area contributed by atoms with E-state index in [4.69, 9.17) is 13.9 Å². The maximum Gasteiger partial charge on any atom is 0.277 e. The first-order valence-electron chi connectivity index (χ1n) is 7.80. The normalized spacial score (nSPS) is 10.8. The number of hydrogen-bond acceptors (Lipinski definition) is 8. The molecule has 26 heavy (non-hydrogen) atoms. The number of benzene rings is 1. The van der Waals surface area contributed by atoms with Crippen molar-refractivity contribution in [2.75, 3.05) is 20.0 Å². The van der Waals surface area contributed by atoms with Crippen molar-refractivity contribution in [3.8, 4) is 23.0 Å². The summed E-state index contributed by atoms with van der Waals surface area (Å²) in [5.41, 5.74) is 1.43. The van der Waals surface area contributed by atoms with Crippen LogP contribution in [0.1, 0.15) is 20.1 Å². The van der Waals surface area contributed by atoms with Crippen LogP contribution in [0.3, 0.4) is 0 Å². The molecule has 0 atom stereocenters. The first-order valence-corrected chi connectivity index (χ1v) is 9.61. The molecule has 2 heterocycles. The van der Waals surface area contributed by atoms with Gasteiger partial charge in [-0.1, -0.05) is 11.8 Å². The second-order valence-corrected chi connectivity index (χ2v) is 7.87. The molecule has 0 saturated carbocycles. The average molecular weight is 390 g/mol. The van der Waals surface area contributed by atoms with E-state index in [1.54, 1.807) is 43.8 Å². The SMILES string of the molecule is COc1ccc(-c2nnc(SCC(=O)c3cc(C)sc3C)o2)c(OC)c1. The quantitative estimate of drug-likeness (QED) is 0.437. The molecule has 0 aliphatic heterocycles. The minimum atomic E-state index is 0.0543. The molecule has 6 nitrogen and oxygen atoms in total. The molecule has 0 saturated heterocycles. The summed E-state index contributed by atoms with van der Waals surface area (Å²) in [7, 11) is 3.15. The molecular weight excluding hydrogens is 372 g/mol. The van der Waals surface area contributed by atoms with Crippen molar-refractivity contribution < 1.29 is 18.7 Å². The molecule has 0 amide bonds. The molecule has 0 aliphatic carbocycles. The van der Waals surface area contributed by atoms with Gasteiger partial charge in [-0.05, 0) is 32.0 Å². The fraction of sp³-hybridized carbons (Fsp3) is 0.278. The lowest BCUT2D eigenvalue weighted by molar-refractivity contribution is 0.102. The number of ether oxygens (including phenoxy) is 2. The lowest BCUT2D eigenvalue weighted by Crippen LogP contribution is -2.02. The molecule has 3 rings (SSSR count). The van der Waals surface area contributed by atoms with Gasteiger partial charge in [0.2, 0.25) is 0 Å². The summed E-state index contributed by atoms with van der Waals surface area (Å²) >= 11 is 2.85. The predicted octanol–water partition coefficient (Wildman–Crippen LogP) is 4.41. The minimum Gasteiger partial charge on any atom is -0.497 e. The van der Waals surface area contributed by atoms with Gasteiger partial charge in [-0.3, -0.25) is 4.79 Å². The van der Waals surface area contributed by atoms with Gasteiger partial charge in [-0.15, -0.1) is 21.5 Å². The minimum absolute atomic E-state index is 0.0543. The van der Waals surface area contributed by atoms with E-state index in [1.807, 2.05) is 19.9 Å². The highest BCUT2D eigenvalue weighted by Gasteiger charge is 2.17. The van der Waals surface area contributed by atoms with E-state index in [1.165, 1.54) is 11.8 Å². The molecule has 0 radical (unpaired) electrons. The number of carbonyl (C=O) groups is 1. The largest absolute Gasteiger partial charge is 0.497 e. The van der Waals surface area contributed by atoms with Crippen molar-refractivity contribution in [3.05, 3.63) is 39.6 Å². The summed E-state index contributed by atoms with van der Waals surface area (Å²) < 4.78 is 16.2. The third-order valence-corrected chi connectivity index (χ3v) is 5.50. The van der Waals surface area contributed by atoms with Crippen LogP contribution in [-0.4, -0.2) is 36.0 Å². The number of Topliss-reactive ketones (excluding diaryl/α,β-unsaturated/α-hetero) is 1. The first-order chi connectivity index (χ1) is 12.5. The summed E-state index contributed by atoms with van der Waals surface area (Å²) in [6.45, 7) is 3.95. The fourth-order valence-corrected chi connectivity index (χ4v) is 4.05. The Kier molecular flexibility index (Phi) is 5.63. The lowest BCUT2D eigenvalue weighted by Gasteiger charge is -2.07. The highest BCUT2D eigenvalue weighted by molar-refractivity contribution is 7.99. The van der Waals surface area contributed by atoms with Crippen LogP contribution in [0.5, 0.6) is 11.5 Å². The fourth-order valence-electron chi connectivity index (χ4n) is 2.46. The second-order valence-electron chi connectivity index (χ2n) is 5.48. The molecule has 8 heteroatoms. The predicted molar refractivity (Wildman–Crippen MR) is 102 cm³/mol. The van der Waals surface area contributed by atoms with Crippen LogP contribution in [-0.2, 0) is 0 Å². The smallest absolute Gasteiger partial charge is 0.277 e. The average Bonchev–Trinajstić information content (AvgIpc) is 3.25. The van der Waals surface area contributed by atoms with Crippen LogP contribution in [0, 0.1) is 13.8 Å². The zero-order valence-electron chi connectivity index (χ0n) is 14.9. The van der Waals surface area contributed by atoms with E-state index >= 15 is 0 Å². The number of aryl methyl sites for hydroxylation is 2. The molecule has 136 valence electrons. The Morgan fingerprint density at radius 1 is 1.19 bits per heavy atom. The Morgan fingerprint density at radius 2 is 2.00 bits per heavy atom. The molecule has 0 unspecified atom stereocenters. The number of rotatable bonds is 7. The Labute approximate surface area is 159 Å². The van der Waals surface area contributed by atoms with Crippen molar-refractivity contribution in [1.29, 1.82) is 0 Å². The first kappa shape index (κ1) is 18.5. The number of hydrogen-bond donors (Lipinski definition) is 0. The van der Waals surface area contributed by atoms with Gasteiger partial charge >= 0.3 is 0 Å². The maximum absolute atomic E-state index is 12.4. The topological polar surface area (TPSA) is 74.5 Å². The van der Waals surface area contributed by atoms with E-state index in [-0.39, 0.29) is 11.5 Å². The third-order valence-electron chi connectivity index (χ3n) is 3.71. The van der Waals surface area contributed by atoms with Crippen LogP contribution in [0.2, 0.25) is 0 Å². The summed E-state index contributed by atoms with van der Waals surface area (Å²) in [4.78, 5) is 14.5. The Bertz CT molecular complexity index is 933. The van der Waals surface area contributed by atoms with Gasteiger partial charge in [0.25, 0.3) is 11.1 Å². The summed E-state index contributed by atoms with van der Waals surface area (Å²) in [5, 5.41) is 8.41. The van der Waals surface area contributed by atoms with Gasteiger partial charge in [0, 0.05) is 21.4 Å². The molecule has 2 aromatic heterocycles. The number of ketones is 1. The monoisotopic (exact) mass is 390 g/mol. The number of carbonyl (C=O) groups excluding carboxylic acids is 1. The molecule has 0 bridgehead atoms. The van der Waals surface area contributed by atoms with Crippen LogP contribution in [0.25, 0.3) is 11.5 Å². The molecular formula is C18H18N2O4S2. The van der Waals surface area contributed by atoms with Crippen molar-refractivity contribution in [3.63, 3.8) is 0 Å². The molecule has 3 aromatic rings. The standard InChI is InChI=1S/C18H18N2O4S2/c1-10-7-14(11(2)26-10)15(21)9-25-18-20-19-17(24-18)13-6-5-12(22-3)8-16(13)23-4/h5-8H,9H2,1-4H3. The summed E-state index contributed by atoms with van der Waals surface area (Å²) in [6.07, 6.45) is 0. The van der Waals surface area contributed by atoms with Crippen LogP contribution >= 0.6 is 23.1 Å². The van der Waals surface area contributed by atoms with E-state index < -0.39 is 0 Å². The van der Waals surface area contributed by atoms with E-state index in [9.17, 15) is 4.79 Å². The van der Waals surface area contributed by atoms with Crippen molar-refractivity contribution >= 4 is 28.9 Å². The van der Waals surface area contributed by atoms with E-state index in [0.29, 0.717) is 28.2 Å². The Balaban J connectivity index is 1.72. The van der Waals surface area contributed by atoms with Crippen LogP contribution < -0.4 is 9.47 Å². The zero-order chi connectivity index (χ0) is 18.7. The Hall–Kier alpha value is -2.32. The van der Waals surface area contributed by atoms with Gasteiger partial charge in [0.1, 0.15) is 11.5 Å². The highest BCUT2D eigenvalue weighted by atomic mass is 32.2. The molecule has 0 spiro atoms. The van der Waals surface area contributed by atoms with Gasteiger partial charge in [-0.2, -0.15) is 0 Å². The number of thiophene rings is 1. The number of methoxy groups -OCH3 is 2. The van der Waals surface area contributed by atoms with Gasteiger partial charge in [-0.25, -0.2) is 0 Å². The zero-order valence-corrected chi connectivity index (χ0v) is 16.5. The lowest BCUT2D eigenvalue weighted by atomic mass is 10.2. The summed E-state index contributed by atoms with van der Waals surface area (Å²) in [6, 6.07) is 7.25. The van der Waals surface area contributed by atoms with Gasteiger partial charge in [0.05, 0.1) is 25.5 Å². The third kappa shape index (κ3) is 3.91. The Morgan fingerprint density at radius 3 is 2.65 bits per heavy atom. The van der Waals surface area contributed by atoms with E-state index in [0.717, 1.165) is 15.3 Å². The van der Waals surface area contributed by atoms with Gasteiger partial charge in [0.15, 0.2) is 5.78 Å². The molecule has 0 fully saturated rings. The summed E-state index contributed by atoms with van der Waals surface area (Å²) in [5.74, 6) is 1.88. The van der Waals surface area contributed by atoms with Crippen molar-refractivity contribution in [2.45, 2.75) is 19.1 Å². The van der Waals surface area contributed by atoms with Crippen molar-refractivity contribution in [1.82, 2.24) is 10.2 Å². The number of aromatic nitrogens is 2. The van der Waals surface area contributed by atoms with Crippen LogP contribution in [0.15, 0.2) is 33.9 Å². The maximum atomic E-state index is 12.4. The van der Waals surface area contributed by atoms with Crippen LogP contribution in [0.4, 0.5) is 0 Å². The second kappa shape index (κ2) is 7.92.